The second kappa shape index (κ2) is 6.47. The quantitative estimate of drug-likeness (QED) is 0.887. The smallest absolute Gasteiger partial charge is 0.356 e. The van der Waals surface area contributed by atoms with Crippen LogP contribution in [0.5, 0.6) is 0 Å². The van der Waals surface area contributed by atoms with E-state index in [2.05, 4.69) is 15.1 Å². The third kappa shape index (κ3) is 3.64. The summed E-state index contributed by atoms with van der Waals surface area (Å²) < 4.78 is 5.21. The summed E-state index contributed by atoms with van der Waals surface area (Å²) in [5.41, 5.74) is -0.0177. The first-order valence-corrected chi connectivity index (χ1v) is 6.51. The number of carboxylic acids is 1. The third-order valence-corrected chi connectivity index (χ3v) is 3.44. The highest BCUT2D eigenvalue weighted by Gasteiger charge is 2.18. The Morgan fingerprint density at radius 1 is 1.42 bits per heavy atom. The molecule has 0 aliphatic carbocycles. The van der Waals surface area contributed by atoms with E-state index in [-0.39, 0.29) is 5.69 Å². The lowest BCUT2D eigenvalue weighted by atomic mass is 10.0. The molecule has 1 atom stereocenters. The molecule has 104 valence electrons. The van der Waals surface area contributed by atoms with Gasteiger partial charge in [0.05, 0.1) is 0 Å². The highest BCUT2D eigenvalue weighted by atomic mass is 16.5. The second-order valence-corrected chi connectivity index (χ2v) is 4.82. The SMILES string of the molecule is COCC1CCCN(c2ccc(C(=O)O)nn2)CC1. The van der Waals surface area contributed by atoms with Crippen LogP contribution in [0.3, 0.4) is 0 Å². The van der Waals surface area contributed by atoms with Crippen molar-refractivity contribution < 1.29 is 14.6 Å². The largest absolute Gasteiger partial charge is 0.476 e. The van der Waals surface area contributed by atoms with Gasteiger partial charge in [-0.15, -0.1) is 10.2 Å². The summed E-state index contributed by atoms with van der Waals surface area (Å²) in [5, 5.41) is 16.5. The maximum Gasteiger partial charge on any atom is 0.356 e. The number of carbonyl (C=O) groups is 1. The van der Waals surface area contributed by atoms with Crippen molar-refractivity contribution in [3.05, 3.63) is 17.8 Å². The number of ether oxygens (including phenoxy) is 1. The summed E-state index contributed by atoms with van der Waals surface area (Å²) in [7, 11) is 1.73. The summed E-state index contributed by atoms with van der Waals surface area (Å²) >= 11 is 0. The van der Waals surface area contributed by atoms with Crippen molar-refractivity contribution in [2.75, 3.05) is 31.7 Å². The number of carboxylic acid groups (broad SMARTS) is 1. The van der Waals surface area contributed by atoms with Gasteiger partial charge in [0.25, 0.3) is 0 Å². The number of methoxy groups -OCH3 is 1. The van der Waals surface area contributed by atoms with E-state index < -0.39 is 5.97 Å². The van der Waals surface area contributed by atoms with Crippen molar-refractivity contribution in [1.82, 2.24) is 10.2 Å². The molecule has 1 unspecified atom stereocenters. The number of hydrogen-bond acceptors (Lipinski definition) is 5. The van der Waals surface area contributed by atoms with Gasteiger partial charge < -0.3 is 14.7 Å². The lowest BCUT2D eigenvalue weighted by Gasteiger charge is -2.20. The van der Waals surface area contributed by atoms with Crippen LogP contribution in [0.15, 0.2) is 12.1 Å². The fourth-order valence-corrected chi connectivity index (χ4v) is 2.40. The molecule has 19 heavy (non-hydrogen) atoms. The highest BCUT2D eigenvalue weighted by molar-refractivity contribution is 5.85. The molecule has 0 amide bonds. The van der Waals surface area contributed by atoms with Gasteiger partial charge in [0.2, 0.25) is 0 Å². The Labute approximate surface area is 112 Å². The highest BCUT2D eigenvalue weighted by Crippen LogP contribution is 2.21. The first-order chi connectivity index (χ1) is 9.20. The van der Waals surface area contributed by atoms with Crippen LogP contribution in [0, 0.1) is 5.92 Å². The molecule has 1 fully saturated rings. The molecule has 1 aromatic heterocycles. The molecule has 0 spiro atoms. The monoisotopic (exact) mass is 265 g/mol. The molecule has 0 radical (unpaired) electrons. The van der Waals surface area contributed by atoms with Gasteiger partial charge in [0.1, 0.15) is 0 Å². The first kappa shape index (κ1) is 13.7. The van der Waals surface area contributed by atoms with Gasteiger partial charge in [0.15, 0.2) is 11.5 Å². The molecule has 1 saturated heterocycles. The molecule has 1 aromatic rings. The van der Waals surface area contributed by atoms with Crippen molar-refractivity contribution in [2.24, 2.45) is 5.92 Å². The lowest BCUT2D eigenvalue weighted by molar-refractivity contribution is 0.0689. The van der Waals surface area contributed by atoms with Crippen molar-refractivity contribution in [2.45, 2.75) is 19.3 Å². The molecule has 1 aliphatic heterocycles. The van der Waals surface area contributed by atoms with E-state index in [4.69, 9.17) is 9.84 Å². The Balaban J connectivity index is 1.99. The average molecular weight is 265 g/mol. The lowest BCUT2D eigenvalue weighted by Crippen LogP contribution is -2.26. The van der Waals surface area contributed by atoms with Gasteiger partial charge in [-0.2, -0.15) is 0 Å². The van der Waals surface area contributed by atoms with E-state index in [0.717, 1.165) is 44.8 Å². The molecule has 6 heteroatoms. The minimum Gasteiger partial charge on any atom is -0.476 e. The molecule has 0 aromatic carbocycles. The summed E-state index contributed by atoms with van der Waals surface area (Å²) in [6, 6.07) is 3.23. The number of nitrogens with zero attached hydrogens (tertiary/aromatic N) is 3. The Morgan fingerprint density at radius 2 is 2.26 bits per heavy atom. The second-order valence-electron chi connectivity index (χ2n) is 4.82. The molecular formula is C13H19N3O3. The van der Waals surface area contributed by atoms with Crippen LogP contribution in [0.2, 0.25) is 0 Å². The van der Waals surface area contributed by atoms with Crippen LogP contribution in [0.4, 0.5) is 5.82 Å². The van der Waals surface area contributed by atoms with Crippen molar-refractivity contribution in [3.8, 4) is 0 Å². The zero-order chi connectivity index (χ0) is 13.7. The number of hydrogen-bond donors (Lipinski definition) is 1. The van der Waals surface area contributed by atoms with Crippen LogP contribution < -0.4 is 4.90 Å². The van der Waals surface area contributed by atoms with Crippen LogP contribution in [-0.4, -0.2) is 48.1 Å². The van der Waals surface area contributed by atoms with E-state index in [1.807, 2.05) is 0 Å². The number of aromatic nitrogens is 2. The van der Waals surface area contributed by atoms with E-state index in [1.165, 1.54) is 6.07 Å². The normalized spacial score (nSPS) is 20.1. The summed E-state index contributed by atoms with van der Waals surface area (Å²) in [6.45, 7) is 2.65. The summed E-state index contributed by atoms with van der Waals surface area (Å²) in [6.07, 6.45) is 3.32. The molecule has 0 saturated carbocycles. The van der Waals surface area contributed by atoms with Crippen molar-refractivity contribution >= 4 is 11.8 Å². The fourth-order valence-electron chi connectivity index (χ4n) is 2.40. The maximum atomic E-state index is 10.7. The third-order valence-electron chi connectivity index (χ3n) is 3.44. The number of rotatable bonds is 4. The maximum absolute atomic E-state index is 10.7. The number of anilines is 1. The fraction of sp³-hybridized carbons (Fsp3) is 0.615. The standard InChI is InChI=1S/C13H19N3O3/c1-19-9-10-3-2-7-16(8-6-10)12-5-4-11(13(17)18)14-15-12/h4-5,10H,2-3,6-9H2,1H3,(H,17,18). The summed E-state index contributed by atoms with van der Waals surface area (Å²) in [5.74, 6) is 0.305. The van der Waals surface area contributed by atoms with Crippen molar-refractivity contribution in [1.29, 1.82) is 0 Å². The van der Waals surface area contributed by atoms with Gasteiger partial charge in [-0.25, -0.2) is 4.79 Å². The van der Waals surface area contributed by atoms with E-state index >= 15 is 0 Å². The molecular weight excluding hydrogens is 246 g/mol. The number of aromatic carboxylic acids is 1. The molecule has 1 N–H and O–H groups in total. The zero-order valence-corrected chi connectivity index (χ0v) is 11.1. The summed E-state index contributed by atoms with van der Waals surface area (Å²) in [4.78, 5) is 12.9. The van der Waals surface area contributed by atoms with Crippen LogP contribution in [-0.2, 0) is 4.74 Å². The predicted octanol–water partition coefficient (Wildman–Crippen LogP) is 1.43. The van der Waals surface area contributed by atoms with Gasteiger partial charge in [-0.1, -0.05) is 0 Å². The minimum absolute atomic E-state index is 0.0177. The minimum atomic E-state index is -1.05. The Morgan fingerprint density at radius 3 is 2.89 bits per heavy atom. The Kier molecular flexibility index (Phi) is 4.68. The van der Waals surface area contributed by atoms with E-state index in [1.54, 1.807) is 13.2 Å². The van der Waals surface area contributed by atoms with E-state index in [0.29, 0.717) is 5.92 Å². The predicted molar refractivity (Wildman–Crippen MR) is 70.4 cm³/mol. The topological polar surface area (TPSA) is 75.5 Å². The molecule has 2 heterocycles. The van der Waals surface area contributed by atoms with Crippen LogP contribution in [0.25, 0.3) is 0 Å². The molecule has 0 bridgehead atoms. The van der Waals surface area contributed by atoms with Gasteiger partial charge in [0, 0.05) is 26.8 Å². The zero-order valence-electron chi connectivity index (χ0n) is 11.1. The Hall–Kier alpha value is -1.69. The van der Waals surface area contributed by atoms with Gasteiger partial charge in [-0.05, 0) is 37.3 Å². The molecule has 6 nitrogen and oxygen atoms in total. The van der Waals surface area contributed by atoms with E-state index in [9.17, 15) is 4.79 Å². The average Bonchev–Trinajstić information content (AvgIpc) is 2.65. The Bertz CT molecular complexity index is 422. The van der Waals surface area contributed by atoms with Gasteiger partial charge in [-0.3, -0.25) is 0 Å². The molecule has 1 aliphatic rings. The van der Waals surface area contributed by atoms with Crippen molar-refractivity contribution in [3.63, 3.8) is 0 Å². The van der Waals surface area contributed by atoms with Gasteiger partial charge >= 0.3 is 5.97 Å². The molecule has 2 rings (SSSR count). The first-order valence-electron chi connectivity index (χ1n) is 6.51. The van der Waals surface area contributed by atoms with Crippen LogP contribution >= 0.6 is 0 Å². The van der Waals surface area contributed by atoms with Crippen LogP contribution in [0.1, 0.15) is 29.8 Å².